The highest BCUT2D eigenvalue weighted by molar-refractivity contribution is 6.30. The number of aromatic amines is 3. The zero-order chi connectivity index (χ0) is 77.9. The molecule has 9 rings (SSSR count). The summed E-state index contributed by atoms with van der Waals surface area (Å²) in [5.41, 5.74) is 2.20. The summed E-state index contributed by atoms with van der Waals surface area (Å²) in [6.45, 7) is 21.7. The minimum Gasteiger partial charge on any atom is -0.508 e. The topological polar surface area (TPSA) is 360 Å². The Kier molecular flexibility index (Phi) is 30.2. The van der Waals surface area contributed by atoms with Crippen LogP contribution in [0.15, 0.2) is 72.8 Å². The summed E-state index contributed by atoms with van der Waals surface area (Å²) in [5, 5.41) is 43.2. The molecule has 3 aromatic heterocycles. The minimum atomic E-state index is -1.38. The molecule has 3 fully saturated rings. The Balaban J connectivity index is 0.000000230. The van der Waals surface area contributed by atoms with Gasteiger partial charge >= 0.3 is 30.1 Å². The second-order valence-electron chi connectivity index (χ2n) is 29.0. The van der Waals surface area contributed by atoms with E-state index in [2.05, 4.69) is 41.2 Å². The monoisotopic (exact) mass is 1530 g/mol. The number of esters is 2. The summed E-state index contributed by atoms with van der Waals surface area (Å²) in [7, 11) is 0. The molecule has 0 saturated heterocycles. The molecule has 5 amide bonds. The first-order chi connectivity index (χ1) is 49.1. The second kappa shape index (κ2) is 37.4. The maximum Gasteiger partial charge on any atom is 0.408 e. The molecule has 3 aliphatic carbocycles. The number of nitrogens with one attached hydrogen (secondary N) is 5. The molecule has 105 heavy (non-hydrogen) atoms. The van der Waals surface area contributed by atoms with Crippen molar-refractivity contribution in [3.8, 4) is 17.2 Å². The number of aromatic nitrogens is 6. The molecule has 574 valence electrons. The maximum atomic E-state index is 15.1. The molecule has 0 bridgehead atoms. The number of alkyl carbamates (subject to hydrolysis) is 2. The Hall–Kier alpha value is -8.93. The number of nitrogens with zero attached hydrogens (tertiary/aromatic N) is 6. The molecule has 3 aliphatic rings. The van der Waals surface area contributed by atoms with Gasteiger partial charge in [-0.2, -0.15) is 15.3 Å². The Bertz CT molecular complexity index is 4000. The molecule has 0 unspecified atom stereocenters. The van der Waals surface area contributed by atoms with Crippen LogP contribution in [0.3, 0.4) is 0 Å². The lowest BCUT2D eigenvalue weighted by Crippen LogP contribution is -2.54. The van der Waals surface area contributed by atoms with Gasteiger partial charge in [0.2, 0.25) is 0 Å². The van der Waals surface area contributed by atoms with Crippen molar-refractivity contribution < 1.29 is 80.7 Å². The lowest BCUT2D eigenvalue weighted by Gasteiger charge is -2.32. The molecule has 3 aromatic carbocycles. The predicted molar refractivity (Wildman–Crippen MR) is 386 cm³/mol. The lowest BCUT2D eigenvalue weighted by molar-refractivity contribution is -0.144. The number of aliphatic carboxylic acids is 1. The number of carboxylic acid groups (broad SMARTS) is 1. The molecular weight excluding hydrogens is 1430 g/mol. The van der Waals surface area contributed by atoms with Crippen LogP contribution in [-0.4, -0.2) is 151 Å². The largest absolute Gasteiger partial charge is 0.508 e. The van der Waals surface area contributed by atoms with Crippen molar-refractivity contribution in [2.75, 3.05) is 19.6 Å². The summed E-state index contributed by atoms with van der Waals surface area (Å²) in [4.78, 5) is 103. The first-order valence-electron chi connectivity index (χ1n) is 34.7. The van der Waals surface area contributed by atoms with Gasteiger partial charge in [0.1, 0.15) is 78.0 Å². The number of phenols is 1. The molecule has 26 nitrogen and oxygen atoms in total. The van der Waals surface area contributed by atoms with Crippen LogP contribution in [-0.2, 0) is 43.5 Å². The van der Waals surface area contributed by atoms with Gasteiger partial charge in [-0.25, -0.2) is 37.1 Å². The third-order valence-corrected chi connectivity index (χ3v) is 18.5. The second-order valence-corrected chi connectivity index (χ2v) is 30.2. The molecule has 0 spiro atoms. The number of hydrogen-bond acceptors (Lipinski definition) is 17. The Labute approximate surface area is 623 Å². The summed E-state index contributed by atoms with van der Waals surface area (Å²) in [6.07, 6.45) is 9.08. The van der Waals surface area contributed by atoms with Gasteiger partial charge in [0.25, 0.3) is 17.7 Å². The number of carboxylic acids is 1. The van der Waals surface area contributed by atoms with Crippen molar-refractivity contribution in [2.45, 2.75) is 208 Å². The number of benzene rings is 3. The summed E-state index contributed by atoms with van der Waals surface area (Å²) >= 11 is 17.5. The summed E-state index contributed by atoms with van der Waals surface area (Å²) < 4.78 is 64.6. The van der Waals surface area contributed by atoms with E-state index in [0.29, 0.717) is 61.4 Å². The molecule has 0 radical (unpaired) electrons. The summed E-state index contributed by atoms with van der Waals surface area (Å²) in [6, 6.07) is 16.5. The Morgan fingerprint density at radius 2 is 0.829 bits per heavy atom. The van der Waals surface area contributed by atoms with Crippen molar-refractivity contribution in [1.29, 1.82) is 0 Å². The fraction of sp³-hybridized carbons (Fsp3) is 0.521. The zero-order valence-electron chi connectivity index (χ0n) is 61.2. The van der Waals surface area contributed by atoms with Crippen LogP contribution in [0.1, 0.15) is 208 Å². The zero-order valence-corrected chi connectivity index (χ0v) is 63.5. The fourth-order valence-corrected chi connectivity index (χ4v) is 10.7. The van der Waals surface area contributed by atoms with E-state index in [9.17, 15) is 52.2 Å². The smallest absolute Gasteiger partial charge is 0.408 e. The average Bonchev–Trinajstić information content (AvgIpc) is 1.74. The maximum absolute atomic E-state index is 15.1. The van der Waals surface area contributed by atoms with E-state index in [4.69, 9.17) is 64.6 Å². The molecular formula is C73H96Cl3F3N12O14. The van der Waals surface area contributed by atoms with Gasteiger partial charge in [0.05, 0.1) is 0 Å². The van der Waals surface area contributed by atoms with E-state index in [1.165, 1.54) is 68.4 Å². The number of halogens is 6. The number of hydrogen-bond donors (Lipinski definition) is 8. The Morgan fingerprint density at radius 1 is 0.505 bits per heavy atom. The van der Waals surface area contributed by atoms with Gasteiger partial charge in [0, 0.05) is 92.4 Å². The number of aromatic hydroxyl groups is 1. The molecule has 6 aromatic rings. The standard InChI is InChI=1S/C26H34ClFN4O5.C21H26ClFN4O3.C16H17ClFN3O2.C10H19NO4/c1-6-26(5,29-24(35)37-25(2,3)4)23(34)36-18-11-10-17(19(28)12-18)15-32(14-16-8-7-9-16)22(33)20-13-21(27)31-30-20;1-3-21(2,24)20(29)30-15-8-7-14(16(23)9-15)12-27(11-13-5-4-6-13)19(28)17-10-18(22)26-25-17;17-15-7-14(19-20-15)16(23)21(8-10-2-1-3-10)9-11-4-5-12(22)6-13(11)18;1-6-10(5,7(12)13)11-8(14)15-9(2,3)4/h10-13,16H,6-9,14-15H2,1-5H3,(H,29,35)(H,30,31);7-10,13H,3-6,11-12,24H2,1-2H3,(H,25,26);4-7,10,22H,1-3,8-9H2,(H,19,20);6H2,1-5H3,(H,11,14)(H,12,13)/t26-;21-;;10-/m11.0/s1. The number of carbonyl (C=O) groups excluding carboxylic acids is 7. The van der Waals surface area contributed by atoms with Crippen molar-refractivity contribution >= 4 is 82.6 Å². The molecule has 3 atom stereocenters. The number of amides is 5. The van der Waals surface area contributed by atoms with Gasteiger partial charge < -0.3 is 60.2 Å². The first-order valence-corrected chi connectivity index (χ1v) is 35.8. The van der Waals surface area contributed by atoms with Gasteiger partial charge in [-0.3, -0.25) is 29.7 Å². The van der Waals surface area contributed by atoms with Crippen LogP contribution in [0.5, 0.6) is 17.2 Å². The normalized spacial score (nSPS) is 15.3. The van der Waals surface area contributed by atoms with Gasteiger partial charge in [0.15, 0.2) is 17.1 Å². The number of rotatable bonds is 25. The van der Waals surface area contributed by atoms with Crippen LogP contribution in [0, 0.1) is 35.2 Å². The van der Waals surface area contributed by atoms with E-state index >= 15 is 4.39 Å². The van der Waals surface area contributed by atoms with Crippen LogP contribution in [0.25, 0.3) is 0 Å². The number of H-pyrrole nitrogens is 3. The lowest BCUT2D eigenvalue weighted by atomic mass is 9.85. The Morgan fingerprint density at radius 3 is 1.10 bits per heavy atom. The number of nitrogens with two attached hydrogens (primary N) is 1. The molecule has 3 heterocycles. The van der Waals surface area contributed by atoms with Crippen molar-refractivity contribution in [3.05, 3.63) is 139 Å². The van der Waals surface area contributed by atoms with E-state index < -0.39 is 75.4 Å². The fourth-order valence-electron chi connectivity index (χ4n) is 10.3. The highest BCUT2D eigenvalue weighted by Crippen LogP contribution is 2.33. The van der Waals surface area contributed by atoms with Crippen molar-refractivity contribution in [2.24, 2.45) is 23.5 Å². The van der Waals surface area contributed by atoms with Gasteiger partial charge in [-0.1, -0.05) is 93.0 Å². The SMILES string of the molecule is CC[C@@](C)(N)C(=O)Oc1ccc(CN(CC2CCC2)C(=O)c2cc(Cl)[nH]n2)c(F)c1.CC[C@@](C)(NC(=O)OC(C)(C)C)C(=O)Oc1ccc(CN(CC2CCC2)C(=O)c2cc(Cl)[nH]n2)c(F)c1.CC[C@](C)(NC(=O)OC(C)(C)C)C(=O)O.O=C(c1cc(Cl)[nH]n1)N(Cc1ccc(O)cc1F)CC1CCC1. The average molecular weight is 1530 g/mol. The number of ether oxygens (including phenoxy) is 4. The van der Waals surface area contributed by atoms with Crippen LogP contribution < -0.4 is 25.8 Å². The van der Waals surface area contributed by atoms with Crippen LogP contribution in [0.4, 0.5) is 22.8 Å². The van der Waals surface area contributed by atoms with E-state index in [1.807, 2.05) is 0 Å². The first kappa shape index (κ1) is 85.0. The predicted octanol–water partition coefficient (Wildman–Crippen LogP) is 14.0. The van der Waals surface area contributed by atoms with E-state index in [0.717, 1.165) is 76.0 Å². The molecule has 32 heteroatoms. The minimum absolute atomic E-state index is 0.0205. The quantitative estimate of drug-likeness (QED) is 0.0195. The number of carbonyl (C=O) groups is 8. The van der Waals surface area contributed by atoms with Crippen molar-refractivity contribution in [3.63, 3.8) is 0 Å². The molecule has 0 aliphatic heterocycles. The van der Waals surface area contributed by atoms with E-state index in [1.54, 1.807) is 83.9 Å². The third kappa shape index (κ3) is 26.0. The highest BCUT2D eigenvalue weighted by atomic mass is 35.5. The van der Waals surface area contributed by atoms with E-state index in [-0.39, 0.29) is 99.1 Å². The molecule has 9 N–H and O–H groups in total. The van der Waals surface area contributed by atoms with Crippen LogP contribution >= 0.6 is 34.8 Å². The van der Waals surface area contributed by atoms with Crippen LogP contribution in [0.2, 0.25) is 15.5 Å². The van der Waals surface area contributed by atoms with Gasteiger partial charge in [-0.15, -0.1) is 0 Å². The highest BCUT2D eigenvalue weighted by Gasteiger charge is 2.39. The summed E-state index contributed by atoms with van der Waals surface area (Å²) in [5.74, 6) is -4.05. The number of phenolic OH excluding ortho intramolecular Hbond substituents is 1. The molecule has 3 saturated carbocycles. The van der Waals surface area contributed by atoms with Crippen molar-refractivity contribution in [1.82, 2.24) is 55.9 Å². The van der Waals surface area contributed by atoms with Gasteiger partial charge in [-0.05, 0) is 156 Å². The third-order valence-electron chi connectivity index (χ3n) is 18.0.